The number of rotatable bonds is 0. The summed E-state index contributed by atoms with van der Waals surface area (Å²) in [6.45, 7) is 6.78. The summed E-state index contributed by atoms with van der Waals surface area (Å²) in [7, 11) is 4.60. The van der Waals surface area contributed by atoms with Gasteiger partial charge < -0.3 is 4.48 Å². The van der Waals surface area contributed by atoms with Gasteiger partial charge in [-0.3, -0.25) is 0 Å². The van der Waals surface area contributed by atoms with Gasteiger partial charge in [-0.25, -0.2) is 0 Å². The molecular weight excluding hydrogens is 110 g/mol. The number of hydrogen-bond acceptors (Lipinski definition) is 0. The van der Waals surface area contributed by atoms with Gasteiger partial charge in [0.1, 0.15) is 0 Å². The molecule has 0 aromatic heterocycles. The molecule has 1 saturated heterocycles. The largest absolute Gasteiger partial charge is 0.328 e. The van der Waals surface area contributed by atoms with Crippen molar-refractivity contribution < 1.29 is 4.48 Å². The molecule has 1 fully saturated rings. The molecule has 0 unspecified atom stereocenters. The van der Waals surface area contributed by atoms with Gasteiger partial charge >= 0.3 is 0 Å². The zero-order chi connectivity index (χ0) is 7.33. The minimum atomic E-state index is 1.25. The van der Waals surface area contributed by atoms with Gasteiger partial charge in [0.25, 0.3) is 0 Å². The fourth-order valence-corrected chi connectivity index (χ4v) is 1.19. The predicted octanol–water partition coefficient (Wildman–Crippen LogP) is 1.88. The van der Waals surface area contributed by atoms with Crippen LogP contribution >= 0.6 is 0 Å². The van der Waals surface area contributed by atoms with Crippen molar-refractivity contribution in [1.29, 1.82) is 0 Å². The molecule has 0 atom stereocenters. The standard InChI is InChI=1S/C6H14N.C2H6/c1-7(2)5-3-4-6-7;1-2/h3-6H2,1-2H3;1-2H3/q+1;. The predicted molar refractivity (Wildman–Crippen MR) is 42.4 cm³/mol. The molecule has 1 heteroatoms. The van der Waals surface area contributed by atoms with E-state index in [9.17, 15) is 0 Å². The molecule has 0 aliphatic carbocycles. The van der Waals surface area contributed by atoms with Crippen molar-refractivity contribution in [1.82, 2.24) is 0 Å². The van der Waals surface area contributed by atoms with E-state index in [1.54, 1.807) is 0 Å². The molecule has 56 valence electrons. The number of hydrogen-bond donors (Lipinski definition) is 0. The van der Waals surface area contributed by atoms with E-state index < -0.39 is 0 Å². The summed E-state index contributed by atoms with van der Waals surface area (Å²) in [5.41, 5.74) is 0. The number of likely N-dealkylation sites (tertiary alicyclic amines) is 1. The van der Waals surface area contributed by atoms with Crippen LogP contribution < -0.4 is 0 Å². The van der Waals surface area contributed by atoms with Crippen molar-refractivity contribution >= 4 is 0 Å². The third kappa shape index (κ3) is 3.52. The van der Waals surface area contributed by atoms with Crippen LogP contribution in [0, 0.1) is 0 Å². The van der Waals surface area contributed by atoms with Gasteiger partial charge in [0.15, 0.2) is 0 Å². The Balaban J connectivity index is 0.000000291. The highest BCUT2D eigenvalue weighted by Gasteiger charge is 2.19. The van der Waals surface area contributed by atoms with Crippen LogP contribution in [-0.2, 0) is 0 Å². The maximum Gasteiger partial charge on any atom is 0.0784 e. The first-order valence-corrected chi connectivity index (χ1v) is 4.03. The van der Waals surface area contributed by atoms with E-state index in [1.165, 1.54) is 30.4 Å². The van der Waals surface area contributed by atoms with Gasteiger partial charge in [-0.1, -0.05) is 13.8 Å². The fourth-order valence-electron chi connectivity index (χ4n) is 1.19. The Labute approximate surface area is 59.3 Å². The normalized spacial score (nSPS) is 22.7. The molecule has 1 aliphatic rings. The maximum atomic E-state index is 2.30. The highest BCUT2D eigenvalue weighted by Crippen LogP contribution is 2.11. The molecule has 0 spiro atoms. The van der Waals surface area contributed by atoms with Crippen LogP contribution in [0.25, 0.3) is 0 Å². The first-order chi connectivity index (χ1) is 4.21. The topological polar surface area (TPSA) is 0 Å². The van der Waals surface area contributed by atoms with Gasteiger partial charge in [0, 0.05) is 12.8 Å². The molecule has 0 bridgehead atoms. The molecule has 0 N–H and O–H groups in total. The molecule has 1 nitrogen and oxygen atoms in total. The van der Waals surface area contributed by atoms with E-state index in [2.05, 4.69) is 14.1 Å². The lowest BCUT2D eigenvalue weighted by Crippen LogP contribution is -2.35. The second-order valence-electron chi connectivity index (χ2n) is 3.09. The second-order valence-corrected chi connectivity index (χ2v) is 3.09. The first kappa shape index (κ1) is 8.96. The highest BCUT2D eigenvalue weighted by atomic mass is 15.3. The summed E-state index contributed by atoms with van der Waals surface area (Å²) in [5, 5.41) is 0. The lowest BCUT2D eigenvalue weighted by molar-refractivity contribution is -0.877. The molecular formula is C8H20N+. The van der Waals surface area contributed by atoms with Crippen LogP contribution in [0.4, 0.5) is 0 Å². The minimum absolute atomic E-state index is 1.25. The van der Waals surface area contributed by atoms with Crippen molar-refractivity contribution in [3.63, 3.8) is 0 Å². The minimum Gasteiger partial charge on any atom is -0.328 e. The van der Waals surface area contributed by atoms with Crippen LogP contribution in [0.2, 0.25) is 0 Å². The number of quaternary nitrogens is 1. The molecule has 0 amide bonds. The van der Waals surface area contributed by atoms with E-state index in [4.69, 9.17) is 0 Å². The quantitative estimate of drug-likeness (QED) is 0.439. The molecule has 0 aromatic carbocycles. The van der Waals surface area contributed by atoms with Gasteiger partial charge in [-0.05, 0) is 0 Å². The monoisotopic (exact) mass is 130 g/mol. The van der Waals surface area contributed by atoms with Crippen LogP contribution in [0.3, 0.4) is 0 Å². The van der Waals surface area contributed by atoms with Crippen molar-refractivity contribution in [3.8, 4) is 0 Å². The smallest absolute Gasteiger partial charge is 0.0784 e. The van der Waals surface area contributed by atoms with E-state index in [0.717, 1.165) is 0 Å². The Morgan fingerprint density at radius 2 is 1.22 bits per heavy atom. The molecule has 0 saturated carbocycles. The van der Waals surface area contributed by atoms with Crippen LogP contribution in [-0.4, -0.2) is 31.7 Å². The molecule has 0 radical (unpaired) electrons. The molecule has 1 rings (SSSR count). The van der Waals surface area contributed by atoms with Gasteiger partial charge in [0.2, 0.25) is 0 Å². The second kappa shape index (κ2) is 3.89. The Bertz CT molecular complexity index is 59.0. The maximum absolute atomic E-state index is 2.30. The Kier molecular flexibility index (Phi) is 3.87. The van der Waals surface area contributed by atoms with E-state index in [-0.39, 0.29) is 0 Å². The average Bonchev–Trinajstić information content (AvgIpc) is 2.19. The van der Waals surface area contributed by atoms with Gasteiger partial charge in [-0.15, -0.1) is 0 Å². The van der Waals surface area contributed by atoms with Crippen LogP contribution in [0.15, 0.2) is 0 Å². The summed E-state index contributed by atoms with van der Waals surface area (Å²) < 4.78 is 1.25. The summed E-state index contributed by atoms with van der Waals surface area (Å²) in [4.78, 5) is 0. The Morgan fingerprint density at radius 1 is 0.889 bits per heavy atom. The molecule has 1 heterocycles. The number of nitrogens with zero attached hydrogens (tertiary/aromatic N) is 1. The SMILES string of the molecule is CC.C[N+]1(C)CCCC1. The lowest BCUT2D eigenvalue weighted by Gasteiger charge is -2.21. The van der Waals surface area contributed by atoms with Crippen molar-refractivity contribution in [2.45, 2.75) is 26.7 Å². The summed E-state index contributed by atoms with van der Waals surface area (Å²) >= 11 is 0. The van der Waals surface area contributed by atoms with E-state index in [1.807, 2.05) is 13.8 Å². The van der Waals surface area contributed by atoms with Crippen molar-refractivity contribution in [2.24, 2.45) is 0 Å². The summed E-state index contributed by atoms with van der Waals surface area (Å²) in [6.07, 6.45) is 2.88. The first-order valence-electron chi connectivity index (χ1n) is 4.03. The van der Waals surface area contributed by atoms with E-state index in [0.29, 0.717) is 0 Å². The summed E-state index contributed by atoms with van der Waals surface area (Å²) in [6, 6.07) is 0. The lowest BCUT2D eigenvalue weighted by atomic mass is 10.4. The molecule has 0 aromatic rings. The molecule has 1 aliphatic heterocycles. The third-order valence-corrected chi connectivity index (χ3v) is 1.78. The average molecular weight is 130 g/mol. The van der Waals surface area contributed by atoms with Crippen molar-refractivity contribution in [3.05, 3.63) is 0 Å². The molecule has 9 heavy (non-hydrogen) atoms. The Hall–Kier alpha value is -0.0400. The van der Waals surface area contributed by atoms with Gasteiger partial charge in [0.05, 0.1) is 27.2 Å². The van der Waals surface area contributed by atoms with E-state index >= 15 is 0 Å². The van der Waals surface area contributed by atoms with Crippen LogP contribution in [0.5, 0.6) is 0 Å². The highest BCUT2D eigenvalue weighted by molar-refractivity contribution is 4.46. The van der Waals surface area contributed by atoms with Crippen LogP contribution in [0.1, 0.15) is 26.7 Å². The Morgan fingerprint density at radius 3 is 1.33 bits per heavy atom. The zero-order valence-corrected chi connectivity index (χ0v) is 7.28. The van der Waals surface area contributed by atoms with Crippen molar-refractivity contribution in [2.75, 3.05) is 27.2 Å². The van der Waals surface area contributed by atoms with Gasteiger partial charge in [-0.2, -0.15) is 0 Å². The zero-order valence-electron chi connectivity index (χ0n) is 7.28. The summed E-state index contributed by atoms with van der Waals surface area (Å²) in [5.74, 6) is 0. The fraction of sp³-hybridized carbons (Fsp3) is 1.00. The third-order valence-electron chi connectivity index (χ3n) is 1.78.